The van der Waals surface area contributed by atoms with E-state index in [1.807, 2.05) is 0 Å². The number of anilines is 2. The second-order valence-electron chi connectivity index (χ2n) is 5.75. The Hall–Kier alpha value is -2.26. The first-order chi connectivity index (χ1) is 11.0. The number of aromatic nitrogens is 3. The Morgan fingerprint density at radius 2 is 1.96 bits per heavy atom. The smallest absolute Gasteiger partial charge is 0.359 e. The Morgan fingerprint density at radius 1 is 1.29 bits per heavy atom. The minimum atomic E-state index is -1.27. The van der Waals surface area contributed by atoms with Crippen LogP contribution in [0, 0.1) is 6.92 Å². The number of rotatable bonds is 4. The molecule has 2 heterocycles. The summed E-state index contributed by atoms with van der Waals surface area (Å²) in [5, 5.41) is 12.5. The number of carboxylic acids is 1. The molecular weight excluding hydrogens is 356 g/mol. The number of hydrogen-bond acceptors (Lipinski definition) is 8. The topological polar surface area (TPSA) is 114 Å². The maximum Gasteiger partial charge on any atom is 0.359 e. The highest BCUT2D eigenvalue weighted by Gasteiger charge is 2.27. The van der Waals surface area contributed by atoms with Crippen LogP contribution in [-0.2, 0) is 4.74 Å². The summed E-state index contributed by atoms with van der Waals surface area (Å²) >= 11 is 6.65. The number of hydrogen-bond donors (Lipinski definition) is 2. The molecule has 0 aliphatic rings. The van der Waals surface area contributed by atoms with E-state index in [-0.39, 0.29) is 20.9 Å². The van der Waals surface area contributed by atoms with E-state index in [9.17, 15) is 14.7 Å². The first-order valence-electron chi connectivity index (χ1n) is 6.81. The van der Waals surface area contributed by atoms with Gasteiger partial charge >= 0.3 is 11.9 Å². The molecule has 0 aliphatic carbocycles. The fourth-order valence-electron chi connectivity index (χ4n) is 1.69. The lowest BCUT2D eigenvalue weighted by Gasteiger charge is -2.18. The zero-order valence-electron chi connectivity index (χ0n) is 13.4. The first-order valence-corrected chi connectivity index (χ1v) is 8.00. The Kier molecular flexibility index (Phi) is 5.05. The Labute approximate surface area is 146 Å². The van der Waals surface area contributed by atoms with Crippen LogP contribution in [0.15, 0.2) is 6.07 Å². The highest BCUT2D eigenvalue weighted by Crippen LogP contribution is 2.27. The SMILES string of the molecule is Cc1nc(Cl)cc(Nc2nc(C(=O)OC(C)(C)C)c(C(=O)O)s2)n1. The maximum absolute atomic E-state index is 12.1. The van der Waals surface area contributed by atoms with E-state index < -0.39 is 17.5 Å². The second-order valence-corrected chi connectivity index (χ2v) is 7.14. The number of esters is 1. The molecule has 10 heteroatoms. The number of ether oxygens (including phenoxy) is 1. The molecule has 128 valence electrons. The van der Waals surface area contributed by atoms with E-state index in [0.717, 1.165) is 11.3 Å². The highest BCUT2D eigenvalue weighted by molar-refractivity contribution is 7.17. The monoisotopic (exact) mass is 370 g/mol. The summed E-state index contributed by atoms with van der Waals surface area (Å²) in [6, 6.07) is 1.46. The molecule has 2 aromatic heterocycles. The number of nitrogens with one attached hydrogen (secondary N) is 1. The average molecular weight is 371 g/mol. The molecule has 0 fully saturated rings. The van der Waals surface area contributed by atoms with Gasteiger partial charge in [-0.2, -0.15) is 0 Å². The molecule has 0 unspecified atom stereocenters. The summed E-state index contributed by atoms with van der Waals surface area (Å²) in [5.74, 6) is -1.29. The Balaban J connectivity index is 2.34. The average Bonchev–Trinajstić information content (AvgIpc) is 2.79. The van der Waals surface area contributed by atoms with Crippen LogP contribution in [0.1, 0.15) is 46.8 Å². The molecule has 0 bridgehead atoms. The molecule has 2 N–H and O–H groups in total. The molecule has 0 aromatic carbocycles. The maximum atomic E-state index is 12.1. The van der Waals surface area contributed by atoms with Crippen molar-refractivity contribution in [2.45, 2.75) is 33.3 Å². The van der Waals surface area contributed by atoms with Gasteiger partial charge in [-0.05, 0) is 27.7 Å². The van der Waals surface area contributed by atoms with E-state index in [0.29, 0.717) is 11.6 Å². The van der Waals surface area contributed by atoms with E-state index >= 15 is 0 Å². The molecule has 0 spiro atoms. The number of carbonyl (C=O) groups excluding carboxylic acids is 1. The second kappa shape index (κ2) is 6.70. The Bertz CT molecular complexity index is 780. The lowest BCUT2D eigenvalue weighted by atomic mass is 10.2. The van der Waals surface area contributed by atoms with E-state index in [4.69, 9.17) is 16.3 Å². The number of nitrogens with zero attached hydrogens (tertiary/aromatic N) is 3. The third-order valence-electron chi connectivity index (χ3n) is 2.46. The summed E-state index contributed by atoms with van der Waals surface area (Å²) in [4.78, 5) is 35.3. The quantitative estimate of drug-likeness (QED) is 0.622. The predicted molar refractivity (Wildman–Crippen MR) is 89.3 cm³/mol. The van der Waals surface area contributed by atoms with Crippen LogP contribution in [0.25, 0.3) is 0 Å². The molecule has 0 radical (unpaired) electrons. The molecule has 0 aliphatic heterocycles. The number of halogens is 1. The third-order valence-corrected chi connectivity index (χ3v) is 3.61. The zero-order chi connectivity index (χ0) is 18.1. The first kappa shape index (κ1) is 18.1. The third kappa shape index (κ3) is 4.62. The molecule has 24 heavy (non-hydrogen) atoms. The molecule has 0 atom stereocenters. The lowest BCUT2D eigenvalue weighted by molar-refractivity contribution is 0.00603. The van der Waals surface area contributed by atoms with Gasteiger partial charge in [0, 0.05) is 6.07 Å². The van der Waals surface area contributed by atoms with Crippen LogP contribution in [0.4, 0.5) is 10.9 Å². The molecule has 0 amide bonds. The fraction of sp³-hybridized carbons (Fsp3) is 0.357. The van der Waals surface area contributed by atoms with Crippen molar-refractivity contribution in [1.29, 1.82) is 0 Å². The van der Waals surface area contributed by atoms with E-state index in [1.165, 1.54) is 6.07 Å². The normalized spacial score (nSPS) is 11.2. The van der Waals surface area contributed by atoms with Crippen molar-refractivity contribution in [1.82, 2.24) is 15.0 Å². The van der Waals surface area contributed by atoms with Gasteiger partial charge in [-0.25, -0.2) is 24.5 Å². The van der Waals surface area contributed by atoms with Crippen molar-refractivity contribution in [2.75, 3.05) is 5.32 Å². The van der Waals surface area contributed by atoms with Gasteiger partial charge in [-0.15, -0.1) is 0 Å². The van der Waals surface area contributed by atoms with Gasteiger partial charge in [-0.1, -0.05) is 22.9 Å². The number of aromatic carboxylic acids is 1. The van der Waals surface area contributed by atoms with Crippen LogP contribution >= 0.6 is 22.9 Å². The summed E-state index contributed by atoms with van der Waals surface area (Å²) in [6.07, 6.45) is 0. The fourth-order valence-corrected chi connectivity index (χ4v) is 2.71. The molecule has 0 saturated carbocycles. The standard InChI is InChI=1S/C14H15ClN4O4S/c1-6-16-7(15)5-8(17-6)18-13-19-9(10(24-13)11(20)21)12(22)23-14(2,3)4/h5H,1-4H3,(H,20,21)(H,16,17,18,19). The van der Waals surface area contributed by atoms with Crippen LogP contribution in [-0.4, -0.2) is 37.6 Å². The summed E-state index contributed by atoms with van der Waals surface area (Å²) in [6.45, 7) is 6.71. The van der Waals surface area contributed by atoms with Gasteiger partial charge in [0.2, 0.25) is 0 Å². The van der Waals surface area contributed by atoms with Crippen LogP contribution in [0.3, 0.4) is 0 Å². The number of carboxylic acid groups (broad SMARTS) is 1. The predicted octanol–water partition coefficient (Wildman–Crippen LogP) is 3.29. The van der Waals surface area contributed by atoms with Crippen LogP contribution < -0.4 is 5.32 Å². The molecular formula is C14H15ClN4O4S. The minimum absolute atomic E-state index is 0.183. The van der Waals surface area contributed by atoms with Crippen LogP contribution in [0.5, 0.6) is 0 Å². The van der Waals surface area contributed by atoms with Crippen molar-refractivity contribution in [2.24, 2.45) is 0 Å². The molecule has 0 saturated heterocycles. The van der Waals surface area contributed by atoms with Gasteiger partial charge in [0.1, 0.15) is 27.3 Å². The van der Waals surface area contributed by atoms with Gasteiger partial charge in [0.15, 0.2) is 10.8 Å². The van der Waals surface area contributed by atoms with Crippen molar-refractivity contribution < 1.29 is 19.4 Å². The van der Waals surface area contributed by atoms with Crippen molar-refractivity contribution in [3.05, 3.63) is 27.6 Å². The summed E-state index contributed by atoms with van der Waals surface area (Å²) in [5.41, 5.74) is -1.02. The summed E-state index contributed by atoms with van der Waals surface area (Å²) < 4.78 is 5.18. The van der Waals surface area contributed by atoms with Gasteiger partial charge in [0.25, 0.3) is 0 Å². The lowest BCUT2D eigenvalue weighted by Crippen LogP contribution is -2.25. The number of thiazole rings is 1. The molecule has 2 rings (SSSR count). The summed E-state index contributed by atoms with van der Waals surface area (Å²) in [7, 11) is 0. The molecule has 8 nitrogen and oxygen atoms in total. The van der Waals surface area contributed by atoms with Crippen molar-refractivity contribution in [3.8, 4) is 0 Å². The number of aryl methyl sites for hydroxylation is 1. The minimum Gasteiger partial charge on any atom is -0.477 e. The highest BCUT2D eigenvalue weighted by atomic mass is 35.5. The van der Waals surface area contributed by atoms with E-state index in [1.54, 1.807) is 27.7 Å². The molecule has 2 aromatic rings. The van der Waals surface area contributed by atoms with Gasteiger partial charge in [-0.3, -0.25) is 0 Å². The van der Waals surface area contributed by atoms with Crippen molar-refractivity contribution in [3.63, 3.8) is 0 Å². The van der Waals surface area contributed by atoms with Crippen molar-refractivity contribution >= 4 is 45.8 Å². The van der Waals surface area contributed by atoms with Gasteiger partial charge in [0.05, 0.1) is 0 Å². The van der Waals surface area contributed by atoms with E-state index in [2.05, 4.69) is 20.3 Å². The van der Waals surface area contributed by atoms with Gasteiger partial charge < -0.3 is 15.2 Å². The largest absolute Gasteiger partial charge is 0.477 e. The van der Waals surface area contributed by atoms with Crippen LogP contribution in [0.2, 0.25) is 5.15 Å². The zero-order valence-corrected chi connectivity index (χ0v) is 14.9. The Morgan fingerprint density at radius 3 is 2.50 bits per heavy atom. The number of carbonyl (C=O) groups is 2.